The number of hydrogen-bond acceptors (Lipinski definition) is 3. The quantitative estimate of drug-likeness (QED) is 0.346. The van der Waals surface area contributed by atoms with Gasteiger partial charge in [-0.25, -0.2) is 9.78 Å². The van der Waals surface area contributed by atoms with Crippen molar-refractivity contribution in [2.75, 3.05) is 10.6 Å². The highest BCUT2D eigenvalue weighted by atomic mass is 16.2. The van der Waals surface area contributed by atoms with Gasteiger partial charge in [-0.15, -0.1) is 0 Å². The first-order valence-corrected chi connectivity index (χ1v) is 10.3. The highest BCUT2D eigenvalue weighted by Gasteiger charge is 2.12. The average molecular weight is 416 g/mol. The molecule has 2 N–H and O–H groups in total. The standard InChI is InChI=1S/C27H20N4O/c32-27(29-22-13-15-28-16-14-22)30-23-11-12-25-21(17-23)18-24(19-7-3-1-4-8-19)26(31-25)20-9-5-2-6-10-20/h1-18H,(H2,28,29,30,32). The monoisotopic (exact) mass is 416 g/mol. The summed E-state index contributed by atoms with van der Waals surface area (Å²) in [6.45, 7) is 0. The predicted molar refractivity (Wildman–Crippen MR) is 129 cm³/mol. The van der Waals surface area contributed by atoms with Crippen molar-refractivity contribution >= 4 is 28.3 Å². The number of rotatable bonds is 4. The van der Waals surface area contributed by atoms with Gasteiger partial charge in [-0.2, -0.15) is 0 Å². The molecule has 0 bridgehead atoms. The molecule has 0 spiro atoms. The molecule has 5 aromatic rings. The Morgan fingerprint density at radius 1 is 0.656 bits per heavy atom. The van der Waals surface area contributed by atoms with Crippen LogP contribution in [0.5, 0.6) is 0 Å². The zero-order chi connectivity index (χ0) is 21.8. The van der Waals surface area contributed by atoms with E-state index in [0.717, 1.165) is 33.3 Å². The van der Waals surface area contributed by atoms with Crippen LogP contribution in [0.2, 0.25) is 0 Å². The number of carbonyl (C=O) groups is 1. The number of nitrogens with one attached hydrogen (secondary N) is 2. The molecule has 0 aliphatic rings. The highest BCUT2D eigenvalue weighted by molar-refractivity contribution is 6.01. The Kier molecular flexibility index (Phi) is 5.29. The van der Waals surface area contributed by atoms with E-state index in [1.165, 1.54) is 0 Å². The molecule has 5 rings (SSSR count). The average Bonchev–Trinajstić information content (AvgIpc) is 2.85. The van der Waals surface area contributed by atoms with Gasteiger partial charge in [0.05, 0.1) is 11.2 Å². The van der Waals surface area contributed by atoms with Crippen LogP contribution in [-0.2, 0) is 0 Å². The van der Waals surface area contributed by atoms with Crippen molar-refractivity contribution in [2.24, 2.45) is 0 Å². The van der Waals surface area contributed by atoms with E-state index in [4.69, 9.17) is 4.98 Å². The van der Waals surface area contributed by atoms with Gasteiger partial charge in [0.2, 0.25) is 0 Å². The van der Waals surface area contributed by atoms with Crippen LogP contribution >= 0.6 is 0 Å². The van der Waals surface area contributed by atoms with Gasteiger partial charge in [0, 0.05) is 40.3 Å². The molecule has 2 aromatic heterocycles. The van der Waals surface area contributed by atoms with Gasteiger partial charge >= 0.3 is 6.03 Å². The van der Waals surface area contributed by atoms with Crippen molar-refractivity contribution in [2.45, 2.75) is 0 Å². The largest absolute Gasteiger partial charge is 0.323 e. The van der Waals surface area contributed by atoms with Gasteiger partial charge in [-0.05, 0) is 42.0 Å². The number of anilines is 2. The van der Waals surface area contributed by atoms with Crippen molar-refractivity contribution < 1.29 is 4.79 Å². The zero-order valence-electron chi connectivity index (χ0n) is 17.2. The van der Waals surface area contributed by atoms with Crippen molar-refractivity contribution in [1.82, 2.24) is 9.97 Å². The second-order valence-electron chi connectivity index (χ2n) is 7.34. The second kappa shape index (κ2) is 8.70. The Morgan fingerprint density at radius 3 is 2.03 bits per heavy atom. The summed E-state index contributed by atoms with van der Waals surface area (Å²) in [7, 11) is 0. The van der Waals surface area contributed by atoms with Crippen molar-refractivity contribution in [3.8, 4) is 22.4 Å². The molecule has 0 radical (unpaired) electrons. The molecule has 0 aliphatic carbocycles. The van der Waals surface area contributed by atoms with Crippen molar-refractivity contribution in [1.29, 1.82) is 0 Å². The third-order valence-corrected chi connectivity index (χ3v) is 5.14. The summed E-state index contributed by atoms with van der Waals surface area (Å²) in [5, 5.41) is 6.64. The molecule has 3 aromatic carbocycles. The van der Waals surface area contributed by atoms with E-state index in [0.29, 0.717) is 11.4 Å². The summed E-state index contributed by atoms with van der Waals surface area (Å²) in [5.74, 6) is 0. The number of urea groups is 1. The maximum absolute atomic E-state index is 12.4. The van der Waals surface area contributed by atoms with Crippen LogP contribution in [0, 0.1) is 0 Å². The Bertz CT molecular complexity index is 1370. The van der Waals surface area contributed by atoms with E-state index >= 15 is 0 Å². The van der Waals surface area contributed by atoms with Gasteiger partial charge in [-0.3, -0.25) is 4.98 Å². The van der Waals surface area contributed by atoms with Crippen LogP contribution < -0.4 is 10.6 Å². The van der Waals surface area contributed by atoms with Crippen LogP contribution in [0.25, 0.3) is 33.3 Å². The fraction of sp³-hybridized carbons (Fsp3) is 0. The van der Waals surface area contributed by atoms with Gasteiger partial charge in [-0.1, -0.05) is 60.7 Å². The summed E-state index contributed by atoms with van der Waals surface area (Å²) >= 11 is 0. The highest BCUT2D eigenvalue weighted by Crippen LogP contribution is 2.34. The number of amides is 2. The lowest BCUT2D eigenvalue weighted by Gasteiger charge is -2.13. The SMILES string of the molecule is O=C(Nc1ccncc1)Nc1ccc2nc(-c3ccccc3)c(-c3ccccc3)cc2c1. The van der Waals surface area contributed by atoms with E-state index in [-0.39, 0.29) is 6.03 Å². The van der Waals surface area contributed by atoms with E-state index in [1.54, 1.807) is 24.5 Å². The maximum atomic E-state index is 12.4. The fourth-order valence-electron chi connectivity index (χ4n) is 3.64. The number of pyridine rings is 2. The zero-order valence-corrected chi connectivity index (χ0v) is 17.2. The lowest BCUT2D eigenvalue weighted by Crippen LogP contribution is -2.19. The van der Waals surface area contributed by atoms with Gasteiger partial charge in [0.1, 0.15) is 0 Å². The lowest BCUT2D eigenvalue weighted by molar-refractivity contribution is 0.262. The maximum Gasteiger partial charge on any atom is 0.323 e. The number of hydrogen-bond donors (Lipinski definition) is 2. The van der Waals surface area contributed by atoms with Gasteiger partial charge in [0.15, 0.2) is 0 Å². The third-order valence-electron chi connectivity index (χ3n) is 5.14. The molecular formula is C27H20N4O. The summed E-state index contributed by atoms with van der Waals surface area (Å²) < 4.78 is 0. The summed E-state index contributed by atoms with van der Waals surface area (Å²) in [5.41, 5.74) is 6.37. The minimum Gasteiger partial charge on any atom is -0.308 e. The molecule has 5 nitrogen and oxygen atoms in total. The van der Waals surface area contributed by atoms with Gasteiger partial charge in [0.25, 0.3) is 0 Å². The molecule has 0 atom stereocenters. The van der Waals surface area contributed by atoms with Crippen molar-refractivity contribution in [3.63, 3.8) is 0 Å². The lowest BCUT2D eigenvalue weighted by atomic mass is 9.97. The summed E-state index contributed by atoms with van der Waals surface area (Å²) in [4.78, 5) is 21.3. The van der Waals surface area contributed by atoms with Crippen LogP contribution in [0.15, 0.2) is 109 Å². The first kappa shape index (κ1) is 19.5. The summed E-state index contributed by atoms with van der Waals surface area (Å²) in [6.07, 6.45) is 3.26. The van der Waals surface area contributed by atoms with E-state index in [1.807, 2.05) is 54.6 Å². The first-order chi connectivity index (χ1) is 15.8. The molecule has 0 saturated heterocycles. The molecule has 5 heteroatoms. The van der Waals surface area contributed by atoms with Crippen LogP contribution in [0.3, 0.4) is 0 Å². The number of carbonyl (C=O) groups excluding carboxylic acids is 1. The Morgan fingerprint density at radius 2 is 1.31 bits per heavy atom. The molecule has 0 aliphatic heterocycles. The van der Waals surface area contributed by atoms with E-state index in [2.05, 4.69) is 45.9 Å². The molecule has 0 saturated carbocycles. The third kappa shape index (κ3) is 4.18. The molecular weight excluding hydrogens is 396 g/mol. The van der Waals surface area contributed by atoms with Crippen molar-refractivity contribution in [3.05, 3.63) is 109 Å². The smallest absolute Gasteiger partial charge is 0.308 e. The van der Waals surface area contributed by atoms with Crippen LogP contribution in [0.1, 0.15) is 0 Å². The molecule has 2 heterocycles. The normalized spacial score (nSPS) is 10.6. The molecule has 0 fully saturated rings. The summed E-state index contributed by atoms with van der Waals surface area (Å²) in [6, 6.07) is 31.4. The number of nitrogens with zero attached hydrogens (tertiary/aromatic N) is 2. The Balaban J connectivity index is 1.52. The van der Waals surface area contributed by atoms with E-state index in [9.17, 15) is 4.79 Å². The predicted octanol–water partition coefficient (Wildman–Crippen LogP) is 6.61. The molecule has 2 amide bonds. The van der Waals surface area contributed by atoms with Crippen LogP contribution in [0.4, 0.5) is 16.2 Å². The molecule has 0 unspecified atom stereocenters. The van der Waals surface area contributed by atoms with E-state index < -0.39 is 0 Å². The molecule has 32 heavy (non-hydrogen) atoms. The number of fused-ring (bicyclic) bond motifs is 1. The fourth-order valence-corrected chi connectivity index (χ4v) is 3.64. The second-order valence-corrected chi connectivity index (χ2v) is 7.34. The topological polar surface area (TPSA) is 66.9 Å². The molecule has 154 valence electrons. The van der Waals surface area contributed by atoms with Crippen LogP contribution in [-0.4, -0.2) is 16.0 Å². The first-order valence-electron chi connectivity index (χ1n) is 10.3. The minimum absolute atomic E-state index is 0.312. The Labute approximate surface area is 185 Å². The minimum atomic E-state index is -0.312. The number of benzene rings is 3. The van der Waals surface area contributed by atoms with Gasteiger partial charge < -0.3 is 10.6 Å². The number of aromatic nitrogens is 2. The Hall–Kier alpha value is -4.51.